The second-order valence-electron chi connectivity index (χ2n) is 8.53. The number of piperidine rings is 1. The van der Waals surface area contributed by atoms with E-state index in [1.165, 1.54) is 0 Å². The normalized spacial score (nSPS) is 15.8. The first-order valence-corrected chi connectivity index (χ1v) is 12.9. The highest BCUT2D eigenvalue weighted by molar-refractivity contribution is 7.93. The van der Waals surface area contributed by atoms with Crippen LogP contribution in [0.2, 0.25) is 5.02 Å². The van der Waals surface area contributed by atoms with Crippen LogP contribution in [0.4, 0.5) is 5.82 Å². The third-order valence-corrected chi connectivity index (χ3v) is 7.84. The number of anilines is 1. The van der Waals surface area contributed by atoms with Gasteiger partial charge in [-0.15, -0.1) is 5.10 Å². The quantitative estimate of drug-likeness (QED) is 0.517. The Balaban J connectivity index is 1.31. The Morgan fingerprint density at radius 3 is 2.67 bits per heavy atom. The zero-order valence-electron chi connectivity index (χ0n) is 18.7. The average Bonchev–Trinajstić information content (AvgIpc) is 3.22. The molecular weight excluding hydrogens is 462 g/mol. The number of pyridine rings is 2. The van der Waals surface area contributed by atoms with Gasteiger partial charge in [0.25, 0.3) is 0 Å². The van der Waals surface area contributed by atoms with Gasteiger partial charge in [0, 0.05) is 24.4 Å². The van der Waals surface area contributed by atoms with Crippen LogP contribution in [0, 0.1) is 0 Å². The van der Waals surface area contributed by atoms with Crippen LogP contribution >= 0.6 is 11.6 Å². The highest BCUT2D eigenvalue weighted by Crippen LogP contribution is 2.28. The summed E-state index contributed by atoms with van der Waals surface area (Å²) in [6.45, 7) is 6.32. The number of hydrogen-bond acceptors (Lipinski definition) is 7. The predicted octanol–water partition coefficient (Wildman–Crippen LogP) is 3.30. The molecule has 0 saturated carbocycles. The lowest BCUT2D eigenvalue weighted by atomic mass is 9.93. The van der Waals surface area contributed by atoms with E-state index in [2.05, 4.69) is 29.9 Å². The van der Waals surface area contributed by atoms with Crippen molar-refractivity contribution in [2.75, 3.05) is 17.8 Å². The lowest BCUT2D eigenvalue weighted by molar-refractivity contribution is 0.201. The van der Waals surface area contributed by atoms with Crippen LogP contribution in [0.3, 0.4) is 0 Å². The van der Waals surface area contributed by atoms with Gasteiger partial charge >= 0.3 is 0 Å². The fourth-order valence-electron chi connectivity index (χ4n) is 3.79. The van der Waals surface area contributed by atoms with Crippen molar-refractivity contribution in [3.05, 3.63) is 64.8 Å². The van der Waals surface area contributed by atoms with Gasteiger partial charge in [-0.05, 0) is 64.0 Å². The summed E-state index contributed by atoms with van der Waals surface area (Å²) in [6.07, 6.45) is 5.55. The zero-order valence-corrected chi connectivity index (χ0v) is 20.3. The Hall–Kier alpha value is -2.56. The van der Waals surface area contributed by atoms with Crippen molar-refractivity contribution in [2.45, 2.75) is 50.9 Å². The first-order valence-electron chi connectivity index (χ1n) is 11.0. The highest BCUT2D eigenvalue weighted by Gasteiger charge is 2.23. The van der Waals surface area contributed by atoms with Gasteiger partial charge in [-0.25, -0.2) is 18.1 Å². The summed E-state index contributed by atoms with van der Waals surface area (Å²) in [5.41, 5.74) is 2.60. The molecule has 33 heavy (non-hydrogen) atoms. The lowest BCUT2D eigenvalue weighted by Gasteiger charge is -2.31. The van der Waals surface area contributed by atoms with Crippen LogP contribution in [-0.2, 0) is 23.1 Å². The SMILES string of the molecule is CC(C)S(=O)(=O)Nc1cccc(C2CCN(Cc3cn(Cc4ncccc4Cl)nn3)CC2)n1. The number of likely N-dealkylation sites (tertiary alicyclic amines) is 1. The van der Waals surface area contributed by atoms with Gasteiger partial charge < -0.3 is 0 Å². The van der Waals surface area contributed by atoms with Gasteiger partial charge in [-0.1, -0.05) is 22.9 Å². The molecule has 11 heteroatoms. The largest absolute Gasteiger partial charge is 0.297 e. The van der Waals surface area contributed by atoms with E-state index in [-0.39, 0.29) is 0 Å². The van der Waals surface area contributed by atoms with E-state index in [1.807, 2.05) is 24.4 Å². The molecule has 1 fully saturated rings. The van der Waals surface area contributed by atoms with Gasteiger partial charge in [0.1, 0.15) is 5.82 Å². The van der Waals surface area contributed by atoms with E-state index >= 15 is 0 Å². The van der Waals surface area contributed by atoms with E-state index in [4.69, 9.17) is 11.6 Å². The van der Waals surface area contributed by atoms with Crippen LogP contribution in [0.25, 0.3) is 0 Å². The summed E-state index contributed by atoms with van der Waals surface area (Å²) in [5, 5.41) is 8.61. The van der Waals surface area contributed by atoms with Crippen molar-refractivity contribution in [1.29, 1.82) is 0 Å². The molecule has 0 radical (unpaired) electrons. The third-order valence-electron chi connectivity index (χ3n) is 5.76. The third kappa shape index (κ3) is 6.07. The van der Waals surface area contributed by atoms with Gasteiger partial charge in [0.05, 0.1) is 34.4 Å². The smallest absolute Gasteiger partial charge is 0.236 e. The number of sulfonamides is 1. The lowest BCUT2D eigenvalue weighted by Crippen LogP contribution is -2.33. The van der Waals surface area contributed by atoms with E-state index < -0.39 is 15.3 Å². The number of rotatable bonds is 8. The maximum Gasteiger partial charge on any atom is 0.236 e. The monoisotopic (exact) mass is 489 g/mol. The molecule has 1 aliphatic heterocycles. The van der Waals surface area contributed by atoms with Crippen molar-refractivity contribution in [1.82, 2.24) is 29.9 Å². The molecule has 1 saturated heterocycles. The fourth-order valence-corrected chi connectivity index (χ4v) is 4.61. The van der Waals surface area contributed by atoms with Crippen LogP contribution < -0.4 is 4.72 Å². The van der Waals surface area contributed by atoms with Gasteiger partial charge in [0.15, 0.2) is 0 Å². The van der Waals surface area contributed by atoms with Gasteiger partial charge in [-0.2, -0.15) is 0 Å². The summed E-state index contributed by atoms with van der Waals surface area (Å²) in [6, 6.07) is 9.15. The molecule has 1 aliphatic rings. The molecule has 4 heterocycles. The van der Waals surface area contributed by atoms with Gasteiger partial charge in [-0.3, -0.25) is 14.6 Å². The molecular formula is C22H28ClN7O2S. The van der Waals surface area contributed by atoms with Crippen molar-refractivity contribution in [3.63, 3.8) is 0 Å². The minimum atomic E-state index is -3.41. The van der Waals surface area contributed by atoms with Gasteiger partial charge in [0.2, 0.25) is 10.0 Å². The van der Waals surface area contributed by atoms with Crippen molar-refractivity contribution >= 4 is 27.4 Å². The molecule has 0 unspecified atom stereocenters. The number of hydrogen-bond donors (Lipinski definition) is 1. The molecule has 4 rings (SSSR count). The summed E-state index contributed by atoms with van der Waals surface area (Å²) >= 11 is 6.18. The van der Waals surface area contributed by atoms with Crippen molar-refractivity contribution in [3.8, 4) is 0 Å². The maximum atomic E-state index is 12.1. The van der Waals surface area contributed by atoms with Crippen LogP contribution in [-0.4, -0.2) is 56.6 Å². The van der Waals surface area contributed by atoms with Crippen LogP contribution in [0.1, 0.15) is 49.7 Å². The standard InChI is InChI=1S/C22H28ClN7O2S/c1-16(2)33(31,32)27-22-7-3-6-20(25-22)17-8-11-29(12-9-17)13-18-14-30(28-26-18)15-21-19(23)5-4-10-24-21/h3-7,10,14,16-17H,8-9,11-13,15H2,1-2H3,(H,25,27). The molecule has 0 atom stereocenters. The van der Waals surface area contributed by atoms with E-state index in [1.54, 1.807) is 36.9 Å². The molecule has 0 aromatic carbocycles. The molecule has 3 aromatic rings. The summed E-state index contributed by atoms with van der Waals surface area (Å²) < 4.78 is 28.6. The first-order chi connectivity index (χ1) is 15.8. The molecule has 0 aliphatic carbocycles. The Bertz CT molecular complexity index is 1190. The summed E-state index contributed by atoms with van der Waals surface area (Å²) in [7, 11) is -3.41. The number of nitrogens with one attached hydrogen (secondary N) is 1. The van der Waals surface area contributed by atoms with E-state index in [9.17, 15) is 8.42 Å². The molecule has 0 spiro atoms. The Morgan fingerprint density at radius 2 is 1.94 bits per heavy atom. The fraction of sp³-hybridized carbons (Fsp3) is 0.455. The number of aromatic nitrogens is 5. The topological polar surface area (TPSA) is 106 Å². The molecule has 0 amide bonds. The summed E-state index contributed by atoms with van der Waals surface area (Å²) in [4.78, 5) is 11.2. The first kappa shape index (κ1) is 23.6. The Labute approximate surface area is 199 Å². The molecule has 1 N–H and O–H groups in total. The van der Waals surface area contributed by atoms with Crippen LogP contribution in [0.5, 0.6) is 0 Å². The molecule has 9 nitrogen and oxygen atoms in total. The Morgan fingerprint density at radius 1 is 1.15 bits per heavy atom. The molecule has 3 aromatic heterocycles. The number of nitrogens with zero attached hydrogens (tertiary/aromatic N) is 6. The second-order valence-corrected chi connectivity index (χ2v) is 11.2. The summed E-state index contributed by atoms with van der Waals surface area (Å²) in [5.74, 6) is 0.681. The highest BCUT2D eigenvalue weighted by atomic mass is 35.5. The second kappa shape index (κ2) is 10.1. The predicted molar refractivity (Wildman–Crippen MR) is 128 cm³/mol. The van der Waals surface area contributed by atoms with Crippen molar-refractivity contribution in [2.24, 2.45) is 0 Å². The minimum Gasteiger partial charge on any atom is -0.297 e. The zero-order chi connectivity index (χ0) is 23.4. The molecule has 176 valence electrons. The Kier molecular flexibility index (Phi) is 7.26. The average molecular weight is 490 g/mol. The van der Waals surface area contributed by atoms with Crippen LogP contribution in [0.15, 0.2) is 42.7 Å². The number of halogens is 1. The maximum absolute atomic E-state index is 12.1. The minimum absolute atomic E-state index is 0.298. The van der Waals surface area contributed by atoms with E-state index in [0.717, 1.165) is 49.6 Å². The molecule has 0 bridgehead atoms. The van der Waals surface area contributed by atoms with E-state index in [0.29, 0.717) is 23.3 Å². The van der Waals surface area contributed by atoms with Crippen molar-refractivity contribution < 1.29 is 8.42 Å².